The summed E-state index contributed by atoms with van der Waals surface area (Å²) < 4.78 is 0. The maximum atomic E-state index is 5.74. The Morgan fingerprint density at radius 2 is 0.773 bits per heavy atom. The summed E-state index contributed by atoms with van der Waals surface area (Å²) in [5.74, 6) is 1.27. The van der Waals surface area contributed by atoms with Crippen molar-refractivity contribution in [3.63, 3.8) is 0 Å². The summed E-state index contributed by atoms with van der Waals surface area (Å²) >= 11 is 0. The average Bonchev–Trinajstić information content (AvgIpc) is 3.06. The highest BCUT2D eigenvalue weighted by Crippen LogP contribution is 2.31. The van der Waals surface area contributed by atoms with Crippen molar-refractivity contribution in [3.05, 3.63) is 120 Å². The lowest BCUT2D eigenvalue weighted by atomic mass is 9.98. The number of rotatable bonds is 6. The van der Waals surface area contributed by atoms with E-state index in [0.29, 0.717) is 11.8 Å². The molecule has 6 rings (SSSR count). The summed E-state index contributed by atoms with van der Waals surface area (Å²) in [7, 11) is 0. The molecule has 2 aromatic heterocycles. The zero-order chi connectivity index (χ0) is 31.1. The van der Waals surface area contributed by atoms with Gasteiger partial charge in [0, 0.05) is 22.3 Å². The molecule has 0 saturated carbocycles. The predicted molar refractivity (Wildman–Crippen MR) is 178 cm³/mol. The molecular weight excluding hydrogens is 544 g/mol. The number of benzene rings is 4. The van der Waals surface area contributed by atoms with E-state index in [4.69, 9.17) is 11.5 Å². The van der Waals surface area contributed by atoms with Crippen LogP contribution in [0.5, 0.6) is 0 Å². The van der Waals surface area contributed by atoms with Gasteiger partial charge in [-0.05, 0) is 35.1 Å². The summed E-state index contributed by atoms with van der Waals surface area (Å²) in [4.78, 5) is 8.80. The van der Waals surface area contributed by atoms with E-state index in [9.17, 15) is 0 Å². The number of hydrogen-bond donors (Lipinski definition) is 2. The molecule has 0 radical (unpaired) electrons. The minimum absolute atomic E-state index is 0.183. The Morgan fingerprint density at radius 3 is 1.14 bits per heavy atom. The van der Waals surface area contributed by atoms with Gasteiger partial charge in [-0.1, -0.05) is 125 Å². The second kappa shape index (κ2) is 13.6. The van der Waals surface area contributed by atoms with E-state index >= 15 is 0 Å². The van der Waals surface area contributed by atoms with Gasteiger partial charge in [-0.2, -0.15) is 0 Å². The van der Waals surface area contributed by atoms with E-state index in [2.05, 4.69) is 82.3 Å². The van der Waals surface area contributed by atoms with Gasteiger partial charge in [0.2, 0.25) is 11.9 Å². The van der Waals surface area contributed by atoms with Crippen molar-refractivity contribution < 1.29 is 0 Å². The molecule has 4 aromatic carbocycles. The van der Waals surface area contributed by atoms with Crippen molar-refractivity contribution >= 4 is 11.9 Å². The first-order chi connectivity index (χ1) is 21.3. The van der Waals surface area contributed by atoms with E-state index in [1.54, 1.807) is 0 Å². The van der Waals surface area contributed by atoms with Gasteiger partial charge < -0.3 is 11.5 Å². The zero-order valence-electron chi connectivity index (χ0n) is 25.4. The van der Waals surface area contributed by atoms with Crippen LogP contribution < -0.4 is 11.5 Å². The maximum Gasteiger partial charge on any atom is 0.240 e. The Hall–Kier alpha value is -5.50. The molecule has 0 atom stereocenters. The van der Waals surface area contributed by atoms with E-state index in [-0.39, 0.29) is 11.9 Å². The first kappa shape index (κ1) is 30.0. The van der Waals surface area contributed by atoms with Crippen LogP contribution in [0.1, 0.15) is 50.7 Å². The third-order valence-corrected chi connectivity index (χ3v) is 7.15. The van der Waals surface area contributed by atoms with Gasteiger partial charge in [0.05, 0.1) is 0 Å². The molecule has 44 heavy (non-hydrogen) atoms. The van der Waals surface area contributed by atoms with Crippen LogP contribution in [0.25, 0.3) is 45.0 Å². The van der Waals surface area contributed by atoms with Crippen LogP contribution in [0.15, 0.2) is 109 Å². The first-order valence-corrected chi connectivity index (χ1v) is 14.6. The topological polar surface area (TPSA) is 129 Å². The predicted octanol–water partition coefficient (Wildman–Crippen LogP) is 7.82. The number of aromatic nitrogens is 6. The summed E-state index contributed by atoms with van der Waals surface area (Å²) in [5.41, 5.74) is 21.0. The molecular formula is C36H36N8. The van der Waals surface area contributed by atoms with Crippen LogP contribution in [0.2, 0.25) is 0 Å². The monoisotopic (exact) mass is 580 g/mol. The smallest absolute Gasteiger partial charge is 0.240 e. The van der Waals surface area contributed by atoms with Crippen molar-refractivity contribution in [1.82, 2.24) is 30.4 Å². The van der Waals surface area contributed by atoms with E-state index in [1.165, 1.54) is 11.1 Å². The maximum absolute atomic E-state index is 5.74. The SMILES string of the molecule is CC(C)c1cccc(-c2nnc(N)nc2-c2ccccc2)c1.CC(C)c1cccc(-c2nnc(N)nc2-c2ccccc2)c1. The third-order valence-electron chi connectivity index (χ3n) is 7.15. The van der Waals surface area contributed by atoms with E-state index in [0.717, 1.165) is 45.0 Å². The van der Waals surface area contributed by atoms with Crippen LogP contribution in [0.4, 0.5) is 11.9 Å². The molecule has 220 valence electrons. The number of anilines is 2. The van der Waals surface area contributed by atoms with Crippen LogP contribution in [0.3, 0.4) is 0 Å². The number of nitrogens with two attached hydrogens (primary N) is 2. The van der Waals surface area contributed by atoms with Gasteiger partial charge in [-0.25, -0.2) is 9.97 Å². The fraction of sp³-hybridized carbons (Fsp3) is 0.167. The van der Waals surface area contributed by atoms with Gasteiger partial charge in [0.15, 0.2) is 0 Å². The number of hydrogen-bond acceptors (Lipinski definition) is 8. The summed E-state index contributed by atoms with van der Waals surface area (Å²) in [6.45, 7) is 8.68. The molecule has 0 aliphatic carbocycles. The molecule has 0 fully saturated rings. The van der Waals surface area contributed by atoms with Crippen LogP contribution in [-0.2, 0) is 0 Å². The quantitative estimate of drug-likeness (QED) is 0.204. The van der Waals surface area contributed by atoms with Crippen molar-refractivity contribution in [1.29, 1.82) is 0 Å². The Balaban J connectivity index is 0.000000175. The molecule has 0 bridgehead atoms. The summed E-state index contributed by atoms with van der Waals surface area (Å²) in [6.07, 6.45) is 0. The van der Waals surface area contributed by atoms with Crippen molar-refractivity contribution in [3.8, 4) is 45.0 Å². The molecule has 0 spiro atoms. The van der Waals surface area contributed by atoms with E-state index in [1.807, 2.05) is 84.9 Å². The van der Waals surface area contributed by atoms with Gasteiger partial charge in [-0.3, -0.25) is 0 Å². The number of nitrogens with zero attached hydrogens (tertiary/aromatic N) is 6. The Kier molecular flexibility index (Phi) is 9.30. The third kappa shape index (κ3) is 7.10. The van der Waals surface area contributed by atoms with Crippen molar-refractivity contribution in [2.45, 2.75) is 39.5 Å². The lowest BCUT2D eigenvalue weighted by molar-refractivity contribution is 0.866. The van der Waals surface area contributed by atoms with Crippen molar-refractivity contribution in [2.24, 2.45) is 0 Å². The summed E-state index contributed by atoms with van der Waals surface area (Å²) in [5, 5.41) is 16.4. The van der Waals surface area contributed by atoms with Gasteiger partial charge >= 0.3 is 0 Å². The molecule has 4 N–H and O–H groups in total. The lowest BCUT2D eigenvalue weighted by Crippen LogP contribution is -2.02. The largest absolute Gasteiger partial charge is 0.366 e. The first-order valence-electron chi connectivity index (χ1n) is 14.6. The van der Waals surface area contributed by atoms with Gasteiger partial charge in [0.1, 0.15) is 22.8 Å². The lowest BCUT2D eigenvalue weighted by Gasteiger charge is -2.11. The van der Waals surface area contributed by atoms with Gasteiger partial charge in [0.25, 0.3) is 0 Å². The standard InChI is InChI=1S/2C18H18N4/c2*1-12(2)14-9-6-10-15(11-14)17-16(20-18(19)22-21-17)13-7-4-3-5-8-13/h2*3-12H,1-2H3,(H2,19,20,22). The Labute approximate surface area is 258 Å². The molecule has 6 aromatic rings. The van der Waals surface area contributed by atoms with Crippen LogP contribution in [-0.4, -0.2) is 30.4 Å². The number of nitrogen functional groups attached to an aromatic ring is 2. The molecule has 0 saturated heterocycles. The minimum atomic E-state index is 0.183. The fourth-order valence-corrected chi connectivity index (χ4v) is 4.75. The van der Waals surface area contributed by atoms with Gasteiger partial charge in [-0.15, -0.1) is 20.4 Å². The zero-order valence-corrected chi connectivity index (χ0v) is 25.4. The van der Waals surface area contributed by atoms with Crippen LogP contribution in [0, 0.1) is 0 Å². The second-order valence-corrected chi connectivity index (χ2v) is 11.0. The minimum Gasteiger partial charge on any atom is -0.366 e. The molecule has 8 heteroatoms. The average molecular weight is 581 g/mol. The summed E-state index contributed by atoms with van der Waals surface area (Å²) in [6, 6.07) is 36.5. The Bertz CT molecular complexity index is 1700. The second-order valence-electron chi connectivity index (χ2n) is 11.0. The highest BCUT2D eigenvalue weighted by molar-refractivity contribution is 5.79. The van der Waals surface area contributed by atoms with Crippen LogP contribution >= 0.6 is 0 Å². The molecule has 0 aliphatic rings. The highest BCUT2D eigenvalue weighted by atomic mass is 15.2. The molecule has 0 unspecified atom stereocenters. The fourth-order valence-electron chi connectivity index (χ4n) is 4.75. The molecule has 8 nitrogen and oxygen atoms in total. The normalized spacial score (nSPS) is 10.9. The molecule has 0 amide bonds. The van der Waals surface area contributed by atoms with Crippen molar-refractivity contribution in [2.75, 3.05) is 11.5 Å². The highest BCUT2D eigenvalue weighted by Gasteiger charge is 2.15. The molecule has 0 aliphatic heterocycles. The molecule has 2 heterocycles. The van der Waals surface area contributed by atoms with E-state index < -0.39 is 0 Å². The Morgan fingerprint density at radius 1 is 0.409 bits per heavy atom.